The lowest BCUT2D eigenvalue weighted by Gasteiger charge is -2.02. The molecule has 0 amide bonds. The molecule has 1 aromatic carbocycles. The zero-order valence-electron chi connectivity index (χ0n) is 8.83. The van der Waals surface area contributed by atoms with Gasteiger partial charge in [-0.25, -0.2) is 0 Å². The highest BCUT2D eigenvalue weighted by molar-refractivity contribution is 5.99. The van der Waals surface area contributed by atoms with Crippen molar-refractivity contribution in [3.8, 4) is 5.75 Å². The summed E-state index contributed by atoms with van der Waals surface area (Å²) in [6.45, 7) is 4.11. The average Bonchev–Trinajstić information content (AvgIpc) is 2.63. The Balaban J connectivity index is 2.59. The molecule has 0 radical (unpaired) electrons. The van der Waals surface area contributed by atoms with Crippen LogP contribution >= 0.6 is 0 Å². The van der Waals surface area contributed by atoms with Crippen molar-refractivity contribution >= 4 is 16.7 Å². The molecule has 2 aromatic rings. The van der Waals surface area contributed by atoms with Crippen molar-refractivity contribution in [1.82, 2.24) is 4.98 Å². The number of hydrogen-bond donors (Lipinski definition) is 1. The van der Waals surface area contributed by atoms with Gasteiger partial charge in [0.2, 0.25) is 0 Å². The van der Waals surface area contributed by atoms with E-state index in [1.807, 2.05) is 31.2 Å². The molecule has 0 aliphatic heterocycles. The van der Waals surface area contributed by atoms with Crippen molar-refractivity contribution in [2.24, 2.45) is 0 Å². The molecule has 15 heavy (non-hydrogen) atoms. The van der Waals surface area contributed by atoms with Gasteiger partial charge in [-0.05, 0) is 25.1 Å². The number of ether oxygens (including phenoxy) is 1. The van der Waals surface area contributed by atoms with E-state index in [9.17, 15) is 4.79 Å². The van der Waals surface area contributed by atoms with E-state index in [-0.39, 0.29) is 5.78 Å². The number of nitrogens with one attached hydrogen (secondary N) is 1. The first-order chi connectivity index (χ1) is 7.22. The molecule has 3 heteroatoms. The van der Waals surface area contributed by atoms with Crippen molar-refractivity contribution in [2.75, 3.05) is 6.61 Å². The van der Waals surface area contributed by atoms with E-state index < -0.39 is 0 Å². The Bertz CT molecular complexity index is 499. The van der Waals surface area contributed by atoms with Crippen LogP contribution in [-0.2, 0) is 0 Å². The third kappa shape index (κ3) is 1.73. The van der Waals surface area contributed by atoms with E-state index >= 15 is 0 Å². The third-order valence-electron chi connectivity index (χ3n) is 2.30. The summed E-state index contributed by atoms with van der Waals surface area (Å²) in [6, 6.07) is 7.59. The van der Waals surface area contributed by atoms with E-state index in [0.717, 1.165) is 16.7 Å². The number of rotatable bonds is 3. The van der Waals surface area contributed by atoms with Crippen molar-refractivity contribution in [1.29, 1.82) is 0 Å². The fourth-order valence-electron chi connectivity index (χ4n) is 1.60. The van der Waals surface area contributed by atoms with Gasteiger partial charge < -0.3 is 9.72 Å². The van der Waals surface area contributed by atoms with Crippen molar-refractivity contribution in [3.05, 3.63) is 30.0 Å². The van der Waals surface area contributed by atoms with Crippen LogP contribution < -0.4 is 4.74 Å². The molecule has 0 bridgehead atoms. The van der Waals surface area contributed by atoms with E-state index in [1.54, 1.807) is 6.92 Å². The quantitative estimate of drug-likeness (QED) is 0.779. The lowest BCUT2D eigenvalue weighted by Crippen LogP contribution is -1.91. The normalized spacial score (nSPS) is 10.5. The van der Waals surface area contributed by atoms with E-state index in [2.05, 4.69) is 4.98 Å². The van der Waals surface area contributed by atoms with E-state index in [0.29, 0.717) is 12.3 Å². The van der Waals surface area contributed by atoms with E-state index in [4.69, 9.17) is 4.74 Å². The molecule has 1 aromatic heterocycles. The molecule has 0 saturated heterocycles. The van der Waals surface area contributed by atoms with Crippen molar-refractivity contribution in [3.63, 3.8) is 0 Å². The van der Waals surface area contributed by atoms with Gasteiger partial charge in [-0.2, -0.15) is 0 Å². The average molecular weight is 203 g/mol. The second kappa shape index (κ2) is 3.77. The minimum Gasteiger partial charge on any atom is -0.493 e. The second-order valence-corrected chi connectivity index (χ2v) is 3.39. The molecule has 0 unspecified atom stereocenters. The number of carbonyl (C=O) groups is 1. The molecule has 1 N–H and O–H groups in total. The molecule has 2 rings (SSSR count). The molecule has 0 atom stereocenters. The first-order valence-corrected chi connectivity index (χ1v) is 4.98. The Morgan fingerprint density at radius 2 is 2.27 bits per heavy atom. The topological polar surface area (TPSA) is 42.1 Å². The minimum absolute atomic E-state index is 0.0358. The lowest BCUT2D eigenvalue weighted by atomic mass is 10.2. The van der Waals surface area contributed by atoms with Gasteiger partial charge in [0.25, 0.3) is 0 Å². The molecule has 0 saturated carbocycles. The summed E-state index contributed by atoms with van der Waals surface area (Å²) < 4.78 is 5.48. The molecule has 78 valence electrons. The Labute approximate surface area is 88.1 Å². The first-order valence-electron chi connectivity index (χ1n) is 4.98. The summed E-state index contributed by atoms with van der Waals surface area (Å²) in [5.41, 5.74) is 1.56. The Morgan fingerprint density at radius 3 is 2.93 bits per heavy atom. The highest BCUT2D eigenvalue weighted by Gasteiger charge is 2.08. The smallest absolute Gasteiger partial charge is 0.175 e. The van der Waals surface area contributed by atoms with Crippen molar-refractivity contribution < 1.29 is 9.53 Å². The fraction of sp³-hybridized carbons (Fsp3) is 0.250. The fourth-order valence-corrected chi connectivity index (χ4v) is 1.60. The summed E-state index contributed by atoms with van der Waals surface area (Å²) in [4.78, 5) is 14.3. The van der Waals surface area contributed by atoms with Crippen LogP contribution in [0, 0.1) is 0 Å². The highest BCUT2D eigenvalue weighted by Crippen LogP contribution is 2.26. The largest absolute Gasteiger partial charge is 0.493 e. The second-order valence-electron chi connectivity index (χ2n) is 3.39. The molecular weight excluding hydrogens is 190 g/mol. The van der Waals surface area contributed by atoms with Crippen LogP contribution in [-0.4, -0.2) is 17.4 Å². The number of fused-ring (bicyclic) bond motifs is 1. The van der Waals surface area contributed by atoms with Crippen LogP contribution in [0.4, 0.5) is 0 Å². The van der Waals surface area contributed by atoms with Gasteiger partial charge in [0, 0.05) is 17.8 Å². The molecular formula is C12H13NO2. The van der Waals surface area contributed by atoms with Crippen LogP contribution in [0.3, 0.4) is 0 Å². The van der Waals surface area contributed by atoms with Gasteiger partial charge in [0.15, 0.2) is 5.78 Å². The maximum atomic E-state index is 11.2. The Morgan fingerprint density at radius 1 is 1.47 bits per heavy atom. The first kappa shape index (κ1) is 9.77. The number of aromatic nitrogens is 1. The summed E-state index contributed by atoms with van der Waals surface area (Å²) in [5, 5.41) is 0.963. The molecule has 0 aliphatic rings. The van der Waals surface area contributed by atoms with Crippen LogP contribution in [0.1, 0.15) is 24.3 Å². The number of H-pyrrole nitrogens is 1. The van der Waals surface area contributed by atoms with Gasteiger partial charge in [0.1, 0.15) is 5.75 Å². The maximum Gasteiger partial charge on any atom is 0.175 e. The SMILES string of the molecule is CCOc1cccc2[nH]c(C(C)=O)cc12. The number of hydrogen-bond acceptors (Lipinski definition) is 2. The van der Waals surface area contributed by atoms with Crippen LogP contribution in [0.5, 0.6) is 5.75 Å². The summed E-state index contributed by atoms with van der Waals surface area (Å²) in [7, 11) is 0. The van der Waals surface area contributed by atoms with Gasteiger partial charge in [-0.15, -0.1) is 0 Å². The zero-order valence-corrected chi connectivity index (χ0v) is 8.83. The number of aromatic amines is 1. The van der Waals surface area contributed by atoms with E-state index in [1.165, 1.54) is 0 Å². The summed E-state index contributed by atoms with van der Waals surface area (Å²) in [5.74, 6) is 0.854. The Kier molecular flexibility index (Phi) is 2.46. The molecule has 1 heterocycles. The predicted molar refractivity (Wildman–Crippen MR) is 59.5 cm³/mol. The zero-order chi connectivity index (χ0) is 10.8. The number of Topliss-reactive ketones (excluding diaryl/α,β-unsaturated/α-hetero) is 1. The predicted octanol–water partition coefficient (Wildman–Crippen LogP) is 2.77. The number of ketones is 1. The van der Waals surface area contributed by atoms with Crippen LogP contribution in [0.25, 0.3) is 10.9 Å². The molecule has 0 spiro atoms. The maximum absolute atomic E-state index is 11.2. The molecule has 0 aliphatic carbocycles. The number of carbonyl (C=O) groups excluding carboxylic acids is 1. The molecule has 0 fully saturated rings. The van der Waals surface area contributed by atoms with Crippen LogP contribution in [0.15, 0.2) is 24.3 Å². The van der Waals surface area contributed by atoms with Crippen LogP contribution in [0.2, 0.25) is 0 Å². The summed E-state index contributed by atoms with van der Waals surface area (Å²) in [6.07, 6.45) is 0. The highest BCUT2D eigenvalue weighted by atomic mass is 16.5. The van der Waals surface area contributed by atoms with Gasteiger partial charge >= 0.3 is 0 Å². The third-order valence-corrected chi connectivity index (χ3v) is 2.30. The van der Waals surface area contributed by atoms with Crippen molar-refractivity contribution in [2.45, 2.75) is 13.8 Å². The standard InChI is InChI=1S/C12H13NO2/c1-3-15-12-6-4-5-10-9(12)7-11(13-10)8(2)14/h4-7,13H,3H2,1-2H3. The Hall–Kier alpha value is -1.77. The lowest BCUT2D eigenvalue weighted by molar-refractivity contribution is 0.101. The number of benzene rings is 1. The monoisotopic (exact) mass is 203 g/mol. The minimum atomic E-state index is 0.0358. The van der Waals surface area contributed by atoms with Gasteiger partial charge in [-0.1, -0.05) is 6.07 Å². The van der Waals surface area contributed by atoms with Gasteiger partial charge in [0.05, 0.1) is 12.3 Å². The van der Waals surface area contributed by atoms with Gasteiger partial charge in [-0.3, -0.25) is 4.79 Å². The summed E-state index contributed by atoms with van der Waals surface area (Å²) >= 11 is 0. The molecule has 3 nitrogen and oxygen atoms in total.